The number of rotatable bonds is 5. The minimum absolute atomic E-state index is 0.537. The molecule has 1 atom stereocenters. The third kappa shape index (κ3) is 3.33. The molecule has 4 heteroatoms. The van der Waals surface area contributed by atoms with Gasteiger partial charge in [0.15, 0.2) is 0 Å². The topological polar surface area (TPSA) is 55.2 Å². The third-order valence-electron chi connectivity index (χ3n) is 3.28. The van der Waals surface area contributed by atoms with Crippen LogP contribution in [0, 0.1) is 6.92 Å². The maximum absolute atomic E-state index is 10.5. The Morgan fingerprint density at radius 1 is 1.25 bits per heavy atom. The van der Waals surface area contributed by atoms with E-state index in [4.69, 9.17) is 4.74 Å². The van der Waals surface area contributed by atoms with Gasteiger partial charge in [0, 0.05) is 12.0 Å². The van der Waals surface area contributed by atoms with Gasteiger partial charge in [0.05, 0.1) is 24.6 Å². The van der Waals surface area contributed by atoms with Gasteiger partial charge in [0.2, 0.25) is 0 Å². The highest BCUT2D eigenvalue weighted by Gasteiger charge is 2.14. The van der Waals surface area contributed by atoms with Gasteiger partial charge in [-0.1, -0.05) is 19.1 Å². The second kappa shape index (κ2) is 6.48. The van der Waals surface area contributed by atoms with Gasteiger partial charge in [-0.05, 0) is 37.1 Å². The van der Waals surface area contributed by atoms with Crippen LogP contribution in [-0.4, -0.2) is 22.4 Å². The number of hydrogen-bond acceptors (Lipinski definition) is 4. The molecule has 0 spiro atoms. The largest absolute Gasteiger partial charge is 0.497 e. The fourth-order valence-corrected chi connectivity index (χ4v) is 2.23. The van der Waals surface area contributed by atoms with Crippen molar-refractivity contribution < 1.29 is 9.84 Å². The number of hydrogen-bond donors (Lipinski definition) is 1. The Morgan fingerprint density at radius 2 is 2.05 bits per heavy atom. The Kier molecular flexibility index (Phi) is 4.69. The van der Waals surface area contributed by atoms with Crippen molar-refractivity contribution in [2.75, 3.05) is 7.11 Å². The van der Waals surface area contributed by atoms with Crippen LogP contribution in [0.1, 0.15) is 35.5 Å². The summed E-state index contributed by atoms with van der Waals surface area (Å²) in [7, 11) is 1.64. The van der Waals surface area contributed by atoms with Crippen molar-refractivity contribution in [3.8, 4) is 5.75 Å². The molecule has 0 radical (unpaired) electrons. The predicted octanol–water partition coefficient (Wildman–Crippen LogP) is 2.63. The highest BCUT2D eigenvalue weighted by Crippen LogP contribution is 2.23. The lowest BCUT2D eigenvalue weighted by molar-refractivity contribution is 0.176. The van der Waals surface area contributed by atoms with E-state index in [0.717, 1.165) is 34.7 Å². The van der Waals surface area contributed by atoms with Crippen LogP contribution in [-0.2, 0) is 12.8 Å². The first-order valence-electron chi connectivity index (χ1n) is 6.78. The van der Waals surface area contributed by atoms with Crippen molar-refractivity contribution >= 4 is 0 Å². The van der Waals surface area contributed by atoms with Crippen LogP contribution in [0.3, 0.4) is 0 Å². The minimum Gasteiger partial charge on any atom is -0.497 e. The van der Waals surface area contributed by atoms with Crippen molar-refractivity contribution in [2.45, 2.75) is 32.8 Å². The normalized spacial score (nSPS) is 12.2. The molecule has 0 bridgehead atoms. The predicted molar refractivity (Wildman–Crippen MR) is 77.8 cm³/mol. The highest BCUT2D eigenvalue weighted by atomic mass is 16.5. The number of benzene rings is 1. The van der Waals surface area contributed by atoms with Crippen molar-refractivity contribution in [3.05, 3.63) is 52.8 Å². The minimum atomic E-state index is -0.578. The van der Waals surface area contributed by atoms with Gasteiger partial charge in [-0.15, -0.1) is 0 Å². The molecule has 0 amide bonds. The number of methoxy groups -OCH3 is 1. The standard InChI is InChI=1S/C16H20N2O2/c1-4-15-14(8-11(2)17-18-15)16(19)10-12-6-5-7-13(9-12)20-3/h5-9,16,19H,4,10H2,1-3H3. The summed E-state index contributed by atoms with van der Waals surface area (Å²) in [6.07, 6.45) is 0.721. The summed E-state index contributed by atoms with van der Waals surface area (Å²) < 4.78 is 5.20. The zero-order chi connectivity index (χ0) is 14.5. The summed E-state index contributed by atoms with van der Waals surface area (Å²) in [5, 5.41) is 18.7. The first kappa shape index (κ1) is 14.5. The average molecular weight is 272 g/mol. The first-order valence-corrected chi connectivity index (χ1v) is 6.78. The summed E-state index contributed by atoms with van der Waals surface area (Å²) in [6.45, 7) is 3.90. The first-order chi connectivity index (χ1) is 9.63. The highest BCUT2D eigenvalue weighted by molar-refractivity contribution is 5.31. The molecule has 0 aliphatic carbocycles. The molecule has 1 heterocycles. The van der Waals surface area contributed by atoms with Gasteiger partial charge >= 0.3 is 0 Å². The molecule has 0 saturated heterocycles. The fraction of sp³-hybridized carbons (Fsp3) is 0.375. The summed E-state index contributed by atoms with van der Waals surface area (Å²) in [4.78, 5) is 0. The molecule has 0 fully saturated rings. The van der Waals surface area contributed by atoms with E-state index in [-0.39, 0.29) is 0 Å². The molecule has 0 aliphatic heterocycles. The van der Waals surface area contributed by atoms with Crippen molar-refractivity contribution in [2.24, 2.45) is 0 Å². The van der Waals surface area contributed by atoms with Crippen LogP contribution in [0.5, 0.6) is 5.75 Å². The molecular formula is C16H20N2O2. The Hall–Kier alpha value is -1.94. The van der Waals surface area contributed by atoms with Gasteiger partial charge in [0.25, 0.3) is 0 Å². The van der Waals surface area contributed by atoms with E-state index in [1.165, 1.54) is 0 Å². The molecule has 2 aromatic rings. The molecule has 0 aliphatic rings. The maximum Gasteiger partial charge on any atom is 0.119 e. The number of ether oxygens (including phenoxy) is 1. The van der Waals surface area contributed by atoms with E-state index in [1.54, 1.807) is 7.11 Å². The number of aryl methyl sites for hydroxylation is 2. The van der Waals surface area contributed by atoms with Gasteiger partial charge in [-0.25, -0.2) is 0 Å². The lowest BCUT2D eigenvalue weighted by Gasteiger charge is -2.15. The second-order valence-corrected chi connectivity index (χ2v) is 4.81. The molecule has 1 unspecified atom stereocenters. The van der Waals surface area contributed by atoms with E-state index in [0.29, 0.717) is 6.42 Å². The summed E-state index contributed by atoms with van der Waals surface area (Å²) in [5.41, 5.74) is 3.57. The molecule has 1 aromatic carbocycles. The molecule has 2 rings (SSSR count). The quantitative estimate of drug-likeness (QED) is 0.909. The van der Waals surface area contributed by atoms with E-state index in [9.17, 15) is 5.11 Å². The van der Waals surface area contributed by atoms with E-state index >= 15 is 0 Å². The van der Waals surface area contributed by atoms with Crippen LogP contribution < -0.4 is 4.74 Å². The van der Waals surface area contributed by atoms with E-state index in [2.05, 4.69) is 10.2 Å². The zero-order valence-corrected chi connectivity index (χ0v) is 12.1. The Bertz CT molecular complexity index is 584. The third-order valence-corrected chi connectivity index (χ3v) is 3.28. The maximum atomic E-state index is 10.5. The van der Waals surface area contributed by atoms with Crippen LogP contribution in [0.4, 0.5) is 0 Å². The molecule has 0 saturated carbocycles. The van der Waals surface area contributed by atoms with E-state index < -0.39 is 6.10 Å². The molecular weight excluding hydrogens is 252 g/mol. The second-order valence-electron chi connectivity index (χ2n) is 4.81. The van der Waals surface area contributed by atoms with Crippen LogP contribution >= 0.6 is 0 Å². The van der Waals surface area contributed by atoms with Gasteiger partial charge in [0.1, 0.15) is 5.75 Å². The molecule has 1 N–H and O–H groups in total. The molecule has 4 nitrogen and oxygen atoms in total. The molecule has 106 valence electrons. The summed E-state index contributed by atoms with van der Waals surface area (Å²) >= 11 is 0. The van der Waals surface area contributed by atoms with Crippen molar-refractivity contribution in [1.82, 2.24) is 10.2 Å². The monoisotopic (exact) mass is 272 g/mol. The average Bonchev–Trinajstić information content (AvgIpc) is 2.47. The van der Waals surface area contributed by atoms with Crippen molar-refractivity contribution in [1.29, 1.82) is 0 Å². The number of aromatic nitrogens is 2. The molecule has 20 heavy (non-hydrogen) atoms. The van der Waals surface area contributed by atoms with Crippen LogP contribution in [0.2, 0.25) is 0 Å². The Morgan fingerprint density at radius 3 is 2.75 bits per heavy atom. The number of aliphatic hydroxyl groups is 1. The molecule has 1 aromatic heterocycles. The number of nitrogens with zero attached hydrogens (tertiary/aromatic N) is 2. The van der Waals surface area contributed by atoms with E-state index in [1.807, 2.05) is 44.2 Å². The smallest absolute Gasteiger partial charge is 0.119 e. The van der Waals surface area contributed by atoms with Gasteiger partial charge in [-0.3, -0.25) is 0 Å². The summed E-state index contributed by atoms with van der Waals surface area (Å²) in [5.74, 6) is 0.800. The fourth-order valence-electron chi connectivity index (χ4n) is 2.23. The Labute approximate surface area is 119 Å². The summed E-state index contributed by atoms with van der Waals surface area (Å²) in [6, 6.07) is 9.66. The van der Waals surface area contributed by atoms with Crippen molar-refractivity contribution in [3.63, 3.8) is 0 Å². The van der Waals surface area contributed by atoms with Gasteiger partial charge in [-0.2, -0.15) is 10.2 Å². The van der Waals surface area contributed by atoms with Gasteiger partial charge < -0.3 is 9.84 Å². The van der Waals surface area contributed by atoms with Crippen LogP contribution in [0.15, 0.2) is 30.3 Å². The van der Waals surface area contributed by atoms with Crippen LogP contribution in [0.25, 0.3) is 0 Å². The Balaban J connectivity index is 2.23. The number of aliphatic hydroxyl groups excluding tert-OH is 1. The lowest BCUT2D eigenvalue weighted by atomic mass is 9.99. The lowest BCUT2D eigenvalue weighted by Crippen LogP contribution is -2.09. The zero-order valence-electron chi connectivity index (χ0n) is 12.1. The SMILES string of the molecule is CCc1nnc(C)cc1C(O)Cc1cccc(OC)c1.